The first kappa shape index (κ1) is 30.0. The van der Waals surface area contributed by atoms with Gasteiger partial charge in [-0.15, -0.1) is 0 Å². The van der Waals surface area contributed by atoms with Gasteiger partial charge in [0.05, 0.1) is 23.3 Å². The Morgan fingerprint density at radius 2 is 1.90 bits per heavy atom. The Labute approximate surface area is 243 Å². The standard InChI is InChI=1S/C31H42N8O2/c1-5-22(17-27(19-32)36-31(41)37(2)3)24-9-8-23-7-6-12-33-29(28(23)18-24)30(40)35-25-10-11-26(34-20-25)21-39-15-13-38(4)14-16-39/h8-11,17-20H,5-7,12-16,21,32H2,1-4H3,(H,35,40)(H,36,41)/b22-17+,27-19+. The number of rotatable bonds is 8. The van der Waals surface area contributed by atoms with Crippen molar-refractivity contribution in [2.24, 2.45) is 10.7 Å². The van der Waals surface area contributed by atoms with Gasteiger partial charge in [0.25, 0.3) is 5.91 Å². The summed E-state index contributed by atoms with van der Waals surface area (Å²) in [6.07, 6.45) is 7.39. The van der Waals surface area contributed by atoms with E-state index in [4.69, 9.17) is 5.73 Å². The highest BCUT2D eigenvalue weighted by Gasteiger charge is 2.21. The van der Waals surface area contributed by atoms with Crippen LogP contribution in [0.3, 0.4) is 0 Å². The highest BCUT2D eigenvalue weighted by Crippen LogP contribution is 2.26. The number of fused-ring (bicyclic) bond motifs is 1. The minimum atomic E-state index is -0.261. The lowest BCUT2D eigenvalue weighted by Gasteiger charge is -2.32. The van der Waals surface area contributed by atoms with E-state index >= 15 is 0 Å². The van der Waals surface area contributed by atoms with Crippen molar-refractivity contribution >= 4 is 28.9 Å². The number of nitrogens with two attached hydrogens (primary N) is 1. The van der Waals surface area contributed by atoms with Crippen molar-refractivity contribution < 1.29 is 9.59 Å². The zero-order valence-corrected chi connectivity index (χ0v) is 24.6. The molecule has 3 amide bonds. The van der Waals surface area contributed by atoms with E-state index in [-0.39, 0.29) is 11.9 Å². The molecule has 1 fully saturated rings. The maximum Gasteiger partial charge on any atom is 0.321 e. The lowest BCUT2D eigenvalue weighted by Crippen LogP contribution is -2.44. The molecule has 10 heteroatoms. The first-order valence-corrected chi connectivity index (χ1v) is 14.2. The molecule has 218 valence electrons. The summed E-state index contributed by atoms with van der Waals surface area (Å²) in [5, 5.41) is 5.81. The maximum atomic E-state index is 13.5. The number of hydrogen-bond donors (Lipinski definition) is 3. The van der Waals surface area contributed by atoms with Crippen molar-refractivity contribution in [2.45, 2.75) is 32.7 Å². The third-order valence-electron chi connectivity index (χ3n) is 7.44. The number of benzene rings is 1. The predicted octanol–water partition coefficient (Wildman–Crippen LogP) is 3.07. The normalized spacial score (nSPS) is 16.8. The van der Waals surface area contributed by atoms with Crippen LogP contribution in [-0.4, -0.2) is 91.2 Å². The van der Waals surface area contributed by atoms with E-state index in [0.717, 1.165) is 73.5 Å². The number of aliphatic imine (C=N–C) groups is 1. The Hall–Kier alpha value is -4.02. The molecule has 4 N–H and O–H groups in total. The van der Waals surface area contributed by atoms with Crippen LogP contribution in [0.1, 0.15) is 42.1 Å². The topological polar surface area (TPSA) is 119 Å². The minimum Gasteiger partial charge on any atom is -0.403 e. The number of carbonyl (C=O) groups is 2. The molecule has 1 saturated heterocycles. The molecule has 2 aliphatic rings. The molecular formula is C31H42N8O2. The quantitative estimate of drug-likeness (QED) is 0.429. The molecular weight excluding hydrogens is 516 g/mol. The fourth-order valence-corrected chi connectivity index (χ4v) is 4.91. The number of aromatic nitrogens is 1. The lowest BCUT2D eigenvalue weighted by atomic mass is 9.93. The summed E-state index contributed by atoms with van der Waals surface area (Å²) in [6.45, 7) is 7.62. The summed E-state index contributed by atoms with van der Waals surface area (Å²) >= 11 is 0. The van der Waals surface area contributed by atoms with E-state index in [1.165, 1.54) is 11.1 Å². The third kappa shape index (κ3) is 8.02. The molecule has 0 saturated carbocycles. The number of pyridine rings is 1. The fourth-order valence-electron chi connectivity index (χ4n) is 4.91. The van der Waals surface area contributed by atoms with Gasteiger partial charge >= 0.3 is 6.03 Å². The van der Waals surface area contributed by atoms with Crippen LogP contribution in [0.2, 0.25) is 0 Å². The molecule has 0 spiro atoms. The number of anilines is 1. The Morgan fingerprint density at radius 1 is 1.12 bits per heavy atom. The van der Waals surface area contributed by atoms with Crippen molar-refractivity contribution in [1.82, 2.24) is 25.0 Å². The second-order valence-electron chi connectivity index (χ2n) is 10.7. The number of nitrogens with one attached hydrogen (secondary N) is 2. The molecule has 0 atom stereocenters. The molecule has 3 heterocycles. The van der Waals surface area contributed by atoms with Gasteiger partial charge < -0.3 is 26.2 Å². The zero-order valence-electron chi connectivity index (χ0n) is 24.6. The van der Waals surface area contributed by atoms with Gasteiger partial charge in [0, 0.05) is 65.1 Å². The highest BCUT2D eigenvalue weighted by atomic mass is 16.2. The molecule has 1 aromatic carbocycles. The predicted molar refractivity (Wildman–Crippen MR) is 165 cm³/mol. The van der Waals surface area contributed by atoms with Crippen LogP contribution in [0.5, 0.6) is 0 Å². The van der Waals surface area contributed by atoms with E-state index < -0.39 is 0 Å². The van der Waals surface area contributed by atoms with E-state index in [9.17, 15) is 9.59 Å². The van der Waals surface area contributed by atoms with Crippen LogP contribution in [0.25, 0.3) is 5.57 Å². The first-order valence-electron chi connectivity index (χ1n) is 14.2. The zero-order chi connectivity index (χ0) is 29.4. The SMILES string of the molecule is CC/C(=C\C(=C/N)NC(=O)N(C)C)c1ccc2c(c1)C(C(=O)Nc1ccc(CN3CCN(C)CC3)nc1)=NCCC2. The average Bonchev–Trinajstić information content (AvgIpc) is 3.19. The van der Waals surface area contributed by atoms with Crippen LogP contribution in [0.4, 0.5) is 10.5 Å². The summed E-state index contributed by atoms with van der Waals surface area (Å²) in [4.78, 5) is 41.1. The van der Waals surface area contributed by atoms with Crippen LogP contribution in [0, 0.1) is 0 Å². The Bertz CT molecular complexity index is 1320. The molecule has 2 aliphatic heterocycles. The Kier molecular flexibility index (Phi) is 10.3. The average molecular weight is 559 g/mol. The summed E-state index contributed by atoms with van der Waals surface area (Å²) in [5.41, 5.74) is 12.2. The number of piperazine rings is 1. The van der Waals surface area contributed by atoms with Gasteiger partial charge in [-0.05, 0) is 67.3 Å². The number of carbonyl (C=O) groups excluding carboxylic acids is 2. The number of aryl methyl sites for hydroxylation is 1. The molecule has 41 heavy (non-hydrogen) atoms. The van der Waals surface area contributed by atoms with E-state index in [0.29, 0.717) is 30.1 Å². The Morgan fingerprint density at radius 3 is 2.56 bits per heavy atom. The molecule has 1 aromatic heterocycles. The maximum absolute atomic E-state index is 13.5. The molecule has 0 radical (unpaired) electrons. The van der Waals surface area contributed by atoms with Crippen LogP contribution >= 0.6 is 0 Å². The minimum absolute atomic E-state index is 0.248. The van der Waals surface area contributed by atoms with Crippen molar-refractivity contribution in [3.05, 3.63) is 76.9 Å². The van der Waals surface area contributed by atoms with Crippen molar-refractivity contribution in [3.63, 3.8) is 0 Å². The summed E-state index contributed by atoms with van der Waals surface area (Å²) < 4.78 is 0. The summed E-state index contributed by atoms with van der Waals surface area (Å²) in [6, 6.07) is 9.77. The third-order valence-corrected chi connectivity index (χ3v) is 7.44. The molecule has 10 nitrogen and oxygen atoms in total. The number of likely N-dealkylation sites (N-methyl/N-ethyl adjacent to an activating group) is 1. The number of amides is 3. The van der Waals surface area contributed by atoms with Crippen molar-refractivity contribution in [2.75, 3.05) is 59.2 Å². The van der Waals surface area contributed by atoms with Gasteiger partial charge in [0.15, 0.2) is 0 Å². The summed E-state index contributed by atoms with van der Waals surface area (Å²) in [5.74, 6) is -0.248. The van der Waals surface area contributed by atoms with Crippen LogP contribution in [-0.2, 0) is 17.8 Å². The monoisotopic (exact) mass is 558 g/mol. The van der Waals surface area contributed by atoms with Gasteiger partial charge in [-0.25, -0.2) is 4.79 Å². The number of hydrogen-bond acceptors (Lipinski definition) is 7. The van der Waals surface area contributed by atoms with Gasteiger partial charge in [0.1, 0.15) is 5.71 Å². The number of urea groups is 1. The summed E-state index contributed by atoms with van der Waals surface area (Å²) in [7, 11) is 5.49. The van der Waals surface area contributed by atoms with Gasteiger partial charge in [-0.3, -0.25) is 19.7 Å². The molecule has 0 aliphatic carbocycles. The molecule has 4 rings (SSSR count). The van der Waals surface area contributed by atoms with Crippen LogP contribution in [0.15, 0.2) is 59.5 Å². The molecule has 0 bridgehead atoms. The van der Waals surface area contributed by atoms with Gasteiger partial charge in [-0.2, -0.15) is 0 Å². The van der Waals surface area contributed by atoms with E-state index in [1.54, 1.807) is 20.3 Å². The fraction of sp³-hybridized carbons (Fsp3) is 0.419. The van der Waals surface area contributed by atoms with E-state index in [1.807, 2.05) is 31.2 Å². The largest absolute Gasteiger partial charge is 0.403 e. The van der Waals surface area contributed by atoms with Gasteiger partial charge in [-0.1, -0.05) is 19.1 Å². The van der Waals surface area contributed by atoms with Gasteiger partial charge in [0.2, 0.25) is 0 Å². The smallest absolute Gasteiger partial charge is 0.321 e. The second-order valence-corrected chi connectivity index (χ2v) is 10.7. The van der Waals surface area contributed by atoms with E-state index in [2.05, 4.69) is 49.6 Å². The number of allylic oxidation sites excluding steroid dienone is 2. The number of nitrogens with zero attached hydrogens (tertiary/aromatic N) is 5. The van der Waals surface area contributed by atoms with Crippen LogP contribution < -0.4 is 16.4 Å². The van der Waals surface area contributed by atoms with Crippen molar-refractivity contribution in [3.8, 4) is 0 Å². The molecule has 0 unspecified atom stereocenters. The second kappa shape index (κ2) is 14.0. The lowest BCUT2D eigenvalue weighted by molar-refractivity contribution is -0.110. The molecule has 2 aromatic rings. The highest BCUT2D eigenvalue weighted by molar-refractivity contribution is 6.49. The first-order chi connectivity index (χ1) is 19.8. The Balaban J connectivity index is 1.51. The van der Waals surface area contributed by atoms with Crippen molar-refractivity contribution in [1.29, 1.82) is 0 Å².